The molecule has 2 aromatic heterocycles. The fourth-order valence-corrected chi connectivity index (χ4v) is 6.84. The predicted molar refractivity (Wildman–Crippen MR) is 139 cm³/mol. The van der Waals surface area contributed by atoms with Gasteiger partial charge in [0.1, 0.15) is 17.1 Å². The van der Waals surface area contributed by atoms with Crippen molar-refractivity contribution in [2.24, 2.45) is 0 Å². The first-order chi connectivity index (χ1) is 17.0. The molecule has 1 aliphatic carbocycles. The summed E-state index contributed by atoms with van der Waals surface area (Å²) < 4.78 is 8.33. The van der Waals surface area contributed by atoms with Gasteiger partial charge in [0.2, 0.25) is 5.91 Å². The number of carbonyl (C=O) groups excluding carboxylic acids is 1. The van der Waals surface area contributed by atoms with Crippen LogP contribution in [0.1, 0.15) is 62.8 Å². The molecule has 3 aromatic rings. The molecular formula is C27H33N3O4S. The number of likely N-dealkylation sites (tertiary alicyclic amines) is 1. The molecule has 186 valence electrons. The zero-order chi connectivity index (χ0) is 24.5. The van der Waals surface area contributed by atoms with Crippen LogP contribution in [-0.4, -0.2) is 39.1 Å². The summed E-state index contributed by atoms with van der Waals surface area (Å²) in [5, 5.41) is 0.611. The third-order valence-electron chi connectivity index (χ3n) is 7.31. The molecule has 0 radical (unpaired) electrons. The Balaban J connectivity index is 1.68. The van der Waals surface area contributed by atoms with Gasteiger partial charge in [-0.25, -0.2) is 9.36 Å². The molecule has 2 aliphatic rings. The van der Waals surface area contributed by atoms with Crippen molar-refractivity contribution in [2.45, 2.75) is 77.8 Å². The third-order valence-corrected chi connectivity index (χ3v) is 8.62. The van der Waals surface area contributed by atoms with Crippen molar-refractivity contribution in [1.29, 1.82) is 0 Å². The van der Waals surface area contributed by atoms with Crippen molar-refractivity contribution in [3.63, 3.8) is 0 Å². The molecule has 1 fully saturated rings. The number of benzene rings is 1. The van der Waals surface area contributed by atoms with E-state index in [0.717, 1.165) is 63.5 Å². The first kappa shape index (κ1) is 23.9. The summed E-state index contributed by atoms with van der Waals surface area (Å²) >= 11 is 1.53. The summed E-state index contributed by atoms with van der Waals surface area (Å²) in [7, 11) is 0. The van der Waals surface area contributed by atoms with Crippen LogP contribution in [0, 0.1) is 0 Å². The minimum atomic E-state index is -0.457. The Labute approximate surface area is 208 Å². The zero-order valence-corrected chi connectivity index (χ0v) is 21.4. The number of thiophene rings is 1. The van der Waals surface area contributed by atoms with Gasteiger partial charge in [0.25, 0.3) is 5.56 Å². The molecule has 1 atom stereocenters. The van der Waals surface area contributed by atoms with Gasteiger partial charge in [-0.2, -0.15) is 0 Å². The highest BCUT2D eigenvalue weighted by atomic mass is 32.1. The Morgan fingerprint density at radius 1 is 1.06 bits per heavy atom. The molecule has 0 N–H and O–H groups in total. The molecule has 0 spiro atoms. The van der Waals surface area contributed by atoms with E-state index in [1.54, 1.807) is 28.8 Å². The monoisotopic (exact) mass is 495 g/mol. The third kappa shape index (κ3) is 4.44. The van der Waals surface area contributed by atoms with Crippen molar-refractivity contribution in [3.8, 4) is 11.4 Å². The number of amides is 1. The maximum atomic E-state index is 13.8. The summed E-state index contributed by atoms with van der Waals surface area (Å²) in [4.78, 5) is 44.8. The molecule has 3 heterocycles. The van der Waals surface area contributed by atoms with Crippen LogP contribution in [0.2, 0.25) is 0 Å². The predicted octanol–water partition coefficient (Wildman–Crippen LogP) is 4.28. The normalized spacial score (nSPS) is 18.3. The highest BCUT2D eigenvalue weighted by molar-refractivity contribution is 7.18. The second-order valence-corrected chi connectivity index (χ2v) is 10.7. The lowest BCUT2D eigenvalue weighted by Crippen LogP contribution is -2.46. The van der Waals surface area contributed by atoms with Crippen molar-refractivity contribution >= 4 is 27.5 Å². The van der Waals surface area contributed by atoms with Gasteiger partial charge in [0, 0.05) is 17.5 Å². The lowest BCUT2D eigenvalue weighted by Gasteiger charge is -2.33. The molecule has 1 aliphatic heterocycles. The van der Waals surface area contributed by atoms with E-state index in [2.05, 4.69) is 6.92 Å². The molecule has 8 heteroatoms. The number of carbonyl (C=O) groups is 1. The molecule has 1 saturated heterocycles. The van der Waals surface area contributed by atoms with E-state index in [4.69, 9.17) is 4.74 Å². The SMILES string of the molecule is CCOc1ccc(-n2c(=O)c3c4c(sc3n(CC(=O)N3CCCCC3C)c2=O)CCCCC4)cc1. The van der Waals surface area contributed by atoms with Gasteiger partial charge in [-0.05, 0) is 88.6 Å². The van der Waals surface area contributed by atoms with E-state index in [1.807, 2.05) is 11.8 Å². The van der Waals surface area contributed by atoms with E-state index in [-0.39, 0.29) is 24.1 Å². The Morgan fingerprint density at radius 3 is 2.57 bits per heavy atom. The van der Waals surface area contributed by atoms with E-state index in [0.29, 0.717) is 28.3 Å². The summed E-state index contributed by atoms with van der Waals surface area (Å²) in [6.07, 6.45) is 8.10. The van der Waals surface area contributed by atoms with Crippen LogP contribution in [0.3, 0.4) is 0 Å². The largest absolute Gasteiger partial charge is 0.494 e. The first-order valence-electron chi connectivity index (χ1n) is 12.8. The fourth-order valence-electron chi connectivity index (χ4n) is 5.47. The molecule has 0 saturated carbocycles. The number of aromatic nitrogens is 2. The van der Waals surface area contributed by atoms with Gasteiger partial charge in [0.15, 0.2) is 0 Å². The Morgan fingerprint density at radius 2 is 1.83 bits per heavy atom. The van der Waals surface area contributed by atoms with Crippen LogP contribution in [0.25, 0.3) is 15.9 Å². The van der Waals surface area contributed by atoms with Gasteiger partial charge in [-0.1, -0.05) is 6.42 Å². The molecule has 5 rings (SSSR count). The smallest absolute Gasteiger partial charge is 0.337 e. The number of rotatable bonds is 5. The number of hydrogen-bond acceptors (Lipinski definition) is 5. The second-order valence-electron chi connectivity index (χ2n) is 9.61. The number of fused-ring (bicyclic) bond motifs is 3. The van der Waals surface area contributed by atoms with Crippen molar-refractivity contribution in [1.82, 2.24) is 14.0 Å². The van der Waals surface area contributed by atoms with Crippen molar-refractivity contribution in [2.75, 3.05) is 13.2 Å². The molecule has 1 amide bonds. The van der Waals surface area contributed by atoms with Crippen molar-refractivity contribution < 1.29 is 9.53 Å². The number of nitrogens with zero attached hydrogens (tertiary/aromatic N) is 3. The minimum absolute atomic E-state index is 0.0453. The Bertz CT molecular complexity index is 1350. The van der Waals surface area contributed by atoms with Gasteiger partial charge < -0.3 is 9.64 Å². The van der Waals surface area contributed by atoms with Gasteiger partial charge in [0.05, 0.1) is 17.7 Å². The van der Waals surface area contributed by atoms with Crippen molar-refractivity contribution in [3.05, 3.63) is 55.5 Å². The Kier molecular flexibility index (Phi) is 6.82. The maximum Gasteiger partial charge on any atom is 0.337 e. The van der Waals surface area contributed by atoms with Crippen LogP contribution >= 0.6 is 11.3 Å². The summed E-state index contributed by atoms with van der Waals surface area (Å²) in [5.74, 6) is 0.630. The topological polar surface area (TPSA) is 73.5 Å². The highest BCUT2D eigenvalue weighted by Gasteiger charge is 2.28. The van der Waals surface area contributed by atoms with Crippen LogP contribution in [0.4, 0.5) is 0 Å². The average Bonchev–Trinajstić information content (AvgIpc) is 3.06. The van der Waals surface area contributed by atoms with Crippen LogP contribution < -0.4 is 16.0 Å². The number of piperidine rings is 1. The standard InChI is InChI=1S/C27H33N3O4S/c1-3-34-20-14-12-19(13-15-20)30-25(32)24-21-10-5-4-6-11-22(21)35-26(24)29(27(30)33)17-23(31)28-16-8-7-9-18(28)2/h12-15,18H,3-11,16-17H2,1-2H3. The fraction of sp³-hybridized carbons (Fsp3) is 0.519. The molecule has 35 heavy (non-hydrogen) atoms. The van der Waals surface area contributed by atoms with Crippen LogP contribution in [-0.2, 0) is 24.2 Å². The lowest BCUT2D eigenvalue weighted by molar-refractivity contribution is -0.135. The lowest BCUT2D eigenvalue weighted by atomic mass is 10.0. The van der Waals surface area contributed by atoms with Crippen LogP contribution in [0.15, 0.2) is 33.9 Å². The molecular weight excluding hydrogens is 462 g/mol. The van der Waals surface area contributed by atoms with E-state index >= 15 is 0 Å². The quantitative estimate of drug-likeness (QED) is 0.495. The Hall–Kier alpha value is -2.87. The highest BCUT2D eigenvalue weighted by Crippen LogP contribution is 2.34. The molecule has 0 bridgehead atoms. The number of ether oxygens (including phenoxy) is 1. The molecule has 1 unspecified atom stereocenters. The zero-order valence-electron chi connectivity index (χ0n) is 20.5. The van der Waals surface area contributed by atoms with Crippen LogP contribution in [0.5, 0.6) is 5.75 Å². The maximum absolute atomic E-state index is 13.8. The van der Waals surface area contributed by atoms with Gasteiger partial charge in [-0.15, -0.1) is 11.3 Å². The van der Waals surface area contributed by atoms with Gasteiger partial charge >= 0.3 is 5.69 Å². The molecule has 1 aromatic carbocycles. The van der Waals surface area contributed by atoms with E-state index in [1.165, 1.54) is 20.8 Å². The first-order valence-corrected chi connectivity index (χ1v) is 13.6. The molecule has 7 nitrogen and oxygen atoms in total. The van der Waals surface area contributed by atoms with Gasteiger partial charge in [-0.3, -0.25) is 14.2 Å². The average molecular weight is 496 g/mol. The summed E-state index contributed by atoms with van der Waals surface area (Å²) in [6, 6.07) is 7.19. The summed E-state index contributed by atoms with van der Waals surface area (Å²) in [6.45, 7) is 5.20. The number of aryl methyl sites for hydroxylation is 2. The van der Waals surface area contributed by atoms with E-state index in [9.17, 15) is 14.4 Å². The number of hydrogen-bond donors (Lipinski definition) is 0. The second kappa shape index (κ2) is 10.0. The summed E-state index contributed by atoms with van der Waals surface area (Å²) in [5.41, 5.74) is 0.816. The minimum Gasteiger partial charge on any atom is -0.494 e. The van der Waals surface area contributed by atoms with E-state index < -0.39 is 5.69 Å².